The van der Waals surface area contributed by atoms with Gasteiger partial charge in [0.05, 0.1) is 4.88 Å². The minimum absolute atomic E-state index is 0.0194. The molecule has 0 atom stereocenters. The molecule has 0 unspecified atom stereocenters. The van der Waals surface area contributed by atoms with Crippen molar-refractivity contribution >= 4 is 23.0 Å². The monoisotopic (exact) mass is 331 g/mol. The third-order valence-corrected chi connectivity index (χ3v) is 4.46. The number of carbonyl (C=O) groups is 2. The first-order valence-electron chi connectivity index (χ1n) is 7.44. The number of rotatable bonds is 7. The number of ether oxygens (including phenoxy) is 2. The van der Waals surface area contributed by atoms with Gasteiger partial charge in [0.2, 0.25) is 12.7 Å². The molecule has 1 N–H and O–H groups in total. The van der Waals surface area contributed by atoms with Gasteiger partial charge in [-0.05, 0) is 35.6 Å². The molecule has 1 aromatic carbocycles. The summed E-state index contributed by atoms with van der Waals surface area (Å²) >= 11 is 1.40. The molecule has 120 valence electrons. The van der Waals surface area contributed by atoms with Crippen LogP contribution in [0.25, 0.3) is 0 Å². The number of amides is 1. The van der Waals surface area contributed by atoms with Gasteiger partial charge in [0.15, 0.2) is 17.3 Å². The Morgan fingerprint density at radius 2 is 2.00 bits per heavy atom. The van der Waals surface area contributed by atoms with Crippen LogP contribution < -0.4 is 14.8 Å². The fourth-order valence-electron chi connectivity index (χ4n) is 2.32. The number of Topliss-reactive ketones (excluding diaryl/α,β-unsaturated/α-hetero) is 1. The minimum atomic E-state index is -0.101. The van der Waals surface area contributed by atoms with Gasteiger partial charge in [-0.1, -0.05) is 12.1 Å². The molecule has 0 saturated heterocycles. The summed E-state index contributed by atoms with van der Waals surface area (Å²) in [5, 5.41) is 4.70. The van der Waals surface area contributed by atoms with E-state index in [0.29, 0.717) is 17.8 Å². The largest absolute Gasteiger partial charge is 0.454 e. The summed E-state index contributed by atoms with van der Waals surface area (Å²) in [6.07, 6.45) is 1.18. The van der Waals surface area contributed by atoms with Crippen molar-refractivity contribution < 1.29 is 19.1 Å². The molecule has 0 spiro atoms. The molecule has 1 amide bonds. The van der Waals surface area contributed by atoms with Crippen LogP contribution in [0.15, 0.2) is 35.7 Å². The van der Waals surface area contributed by atoms with Crippen molar-refractivity contribution in [1.29, 1.82) is 0 Å². The highest BCUT2D eigenvalue weighted by molar-refractivity contribution is 7.12. The van der Waals surface area contributed by atoms with Gasteiger partial charge in [-0.3, -0.25) is 9.59 Å². The number of carbonyl (C=O) groups excluding carboxylic acids is 2. The molecule has 1 aliphatic rings. The second kappa shape index (κ2) is 7.28. The van der Waals surface area contributed by atoms with Crippen LogP contribution in [0.2, 0.25) is 0 Å². The van der Waals surface area contributed by atoms with Crippen LogP contribution in [0.5, 0.6) is 11.5 Å². The molecular weight excluding hydrogens is 314 g/mol. The van der Waals surface area contributed by atoms with E-state index in [-0.39, 0.29) is 31.3 Å². The number of benzene rings is 1. The van der Waals surface area contributed by atoms with Crippen molar-refractivity contribution in [2.24, 2.45) is 0 Å². The first kappa shape index (κ1) is 15.6. The fourth-order valence-corrected chi connectivity index (χ4v) is 3.01. The van der Waals surface area contributed by atoms with Crippen LogP contribution in [0.3, 0.4) is 0 Å². The average molecular weight is 331 g/mol. The molecule has 2 heterocycles. The van der Waals surface area contributed by atoms with Gasteiger partial charge in [0, 0.05) is 19.4 Å². The Morgan fingerprint density at radius 1 is 1.13 bits per heavy atom. The van der Waals surface area contributed by atoms with E-state index in [1.165, 1.54) is 11.3 Å². The van der Waals surface area contributed by atoms with E-state index in [1.54, 1.807) is 6.07 Å². The lowest BCUT2D eigenvalue weighted by Crippen LogP contribution is -2.26. The van der Waals surface area contributed by atoms with Gasteiger partial charge in [-0.25, -0.2) is 0 Å². The van der Waals surface area contributed by atoms with E-state index in [9.17, 15) is 9.59 Å². The summed E-state index contributed by atoms with van der Waals surface area (Å²) in [7, 11) is 0. The summed E-state index contributed by atoms with van der Waals surface area (Å²) in [6.45, 7) is 0.791. The summed E-state index contributed by atoms with van der Waals surface area (Å²) in [5.41, 5.74) is 1.07. The highest BCUT2D eigenvalue weighted by Crippen LogP contribution is 2.32. The van der Waals surface area contributed by atoms with Gasteiger partial charge in [-0.15, -0.1) is 11.3 Å². The summed E-state index contributed by atoms with van der Waals surface area (Å²) in [5.74, 6) is 1.42. The highest BCUT2D eigenvalue weighted by Gasteiger charge is 2.13. The molecule has 6 heteroatoms. The molecule has 0 fully saturated rings. The third-order valence-electron chi connectivity index (χ3n) is 3.55. The van der Waals surface area contributed by atoms with E-state index in [2.05, 4.69) is 5.32 Å². The first-order valence-corrected chi connectivity index (χ1v) is 8.32. The molecular formula is C17H17NO4S. The predicted octanol–water partition coefficient (Wildman–Crippen LogP) is 2.80. The average Bonchev–Trinajstić information content (AvgIpc) is 3.23. The maximum absolute atomic E-state index is 11.8. The second-order valence-corrected chi connectivity index (χ2v) is 6.14. The van der Waals surface area contributed by atoms with Crippen molar-refractivity contribution in [3.05, 3.63) is 46.2 Å². The van der Waals surface area contributed by atoms with E-state index < -0.39 is 0 Å². The van der Waals surface area contributed by atoms with Crippen molar-refractivity contribution in [2.45, 2.75) is 19.3 Å². The molecule has 0 bridgehead atoms. The SMILES string of the molecule is O=C(CCC(=O)c1cccs1)NCCc1ccc2c(c1)OCO2. The van der Waals surface area contributed by atoms with Crippen molar-refractivity contribution in [3.63, 3.8) is 0 Å². The number of fused-ring (bicyclic) bond motifs is 1. The maximum atomic E-state index is 11.8. The number of hydrogen-bond acceptors (Lipinski definition) is 5. The van der Waals surface area contributed by atoms with E-state index in [0.717, 1.165) is 17.1 Å². The Hall–Kier alpha value is -2.34. The van der Waals surface area contributed by atoms with Crippen molar-refractivity contribution in [3.8, 4) is 11.5 Å². The zero-order chi connectivity index (χ0) is 16.1. The molecule has 1 aromatic heterocycles. The van der Waals surface area contributed by atoms with E-state index in [4.69, 9.17) is 9.47 Å². The Balaban J connectivity index is 1.38. The topological polar surface area (TPSA) is 64.6 Å². The molecule has 0 radical (unpaired) electrons. The smallest absolute Gasteiger partial charge is 0.231 e. The van der Waals surface area contributed by atoms with Crippen molar-refractivity contribution in [1.82, 2.24) is 5.32 Å². The number of thiophene rings is 1. The van der Waals surface area contributed by atoms with Crippen molar-refractivity contribution in [2.75, 3.05) is 13.3 Å². The maximum Gasteiger partial charge on any atom is 0.231 e. The quantitative estimate of drug-likeness (QED) is 0.793. The lowest BCUT2D eigenvalue weighted by Gasteiger charge is -2.06. The Labute approximate surface area is 138 Å². The normalized spacial score (nSPS) is 12.2. The molecule has 0 saturated carbocycles. The number of hydrogen-bond donors (Lipinski definition) is 1. The molecule has 3 rings (SSSR count). The fraction of sp³-hybridized carbons (Fsp3) is 0.294. The predicted molar refractivity (Wildman–Crippen MR) is 87.2 cm³/mol. The van der Waals surface area contributed by atoms with Gasteiger partial charge >= 0.3 is 0 Å². The van der Waals surface area contributed by atoms with Crippen LogP contribution in [0, 0.1) is 0 Å². The highest BCUT2D eigenvalue weighted by atomic mass is 32.1. The molecule has 2 aromatic rings. The van der Waals surface area contributed by atoms with Crippen LogP contribution in [-0.2, 0) is 11.2 Å². The summed E-state index contributed by atoms with van der Waals surface area (Å²) in [6, 6.07) is 9.38. The lowest BCUT2D eigenvalue weighted by molar-refractivity contribution is -0.121. The molecule has 23 heavy (non-hydrogen) atoms. The van der Waals surface area contributed by atoms with Gasteiger partial charge in [0.1, 0.15) is 0 Å². The van der Waals surface area contributed by atoms with Gasteiger partial charge in [-0.2, -0.15) is 0 Å². The summed E-state index contributed by atoms with van der Waals surface area (Å²) < 4.78 is 10.6. The standard InChI is InChI=1S/C17H17NO4S/c19-13(16-2-1-9-23-16)4-6-17(20)18-8-7-12-3-5-14-15(10-12)22-11-21-14/h1-3,5,9-10H,4,6-8,11H2,(H,18,20). The van der Waals surface area contributed by atoms with Crippen LogP contribution in [0.1, 0.15) is 28.1 Å². The Morgan fingerprint density at radius 3 is 2.83 bits per heavy atom. The van der Waals surface area contributed by atoms with E-state index in [1.807, 2.05) is 29.6 Å². The zero-order valence-electron chi connectivity index (χ0n) is 12.5. The molecule has 0 aliphatic carbocycles. The van der Waals surface area contributed by atoms with Crippen LogP contribution in [0.4, 0.5) is 0 Å². The Bertz CT molecular complexity index is 697. The zero-order valence-corrected chi connectivity index (χ0v) is 13.4. The lowest BCUT2D eigenvalue weighted by atomic mass is 10.1. The van der Waals surface area contributed by atoms with Gasteiger partial charge in [0.25, 0.3) is 0 Å². The van der Waals surface area contributed by atoms with Crippen LogP contribution in [-0.4, -0.2) is 25.0 Å². The minimum Gasteiger partial charge on any atom is -0.454 e. The number of ketones is 1. The summed E-state index contributed by atoms with van der Waals surface area (Å²) in [4.78, 5) is 24.3. The second-order valence-electron chi connectivity index (χ2n) is 5.19. The third kappa shape index (κ3) is 4.10. The van der Waals surface area contributed by atoms with Gasteiger partial charge < -0.3 is 14.8 Å². The van der Waals surface area contributed by atoms with E-state index >= 15 is 0 Å². The van der Waals surface area contributed by atoms with Crippen LogP contribution >= 0.6 is 11.3 Å². The first-order chi connectivity index (χ1) is 11.2. The Kier molecular flexibility index (Phi) is 4.92. The molecule has 1 aliphatic heterocycles. The molecule has 5 nitrogen and oxygen atoms in total. The number of nitrogens with one attached hydrogen (secondary N) is 1.